The van der Waals surface area contributed by atoms with E-state index in [0.717, 1.165) is 0 Å². The largest absolute Gasteiger partial charge is 0.258 e. The highest BCUT2D eigenvalue weighted by Crippen LogP contribution is 2.21. The molecule has 1 aromatic heterocycles. The van der Waals surface area contributed by atoms with Gasteiger partial charge in [0.2, 0.25) is 0 Å². The molecule has 0 aliphatic rings. The standard InChI is InChI=1S/C13H18N2/c1-4-10(5-2)13-14-11-8-6-7-9-12(11)15(13)3/h6-10H,4-5H2,1-3H3/p+1. The third-order valence-corrected chi connectivity index (χ3v) is 3.26. The predicted molar refractivity (Wildman–Crippen MR) is 62.8 cm³/mol. The van der Waals surface area contributed by atoms with Gasteiger partial charge in [-0.05, 0) is 25.0 Å². The van der Waals surface area contributed by atoms with Crippen LogP contribution < -0.4 is 4.57 Å². The van der Waals surface area contributed by atoms with E-state index in [9.17, 15) is 0 Å². The van der Waals surface area contributed by atoms with Gasteiger partial charge in [0.1, 0.15) is 0 Å². The van der Waals surface area contributed by atoms with Crippen molar-refractivity contribution in [2.75, 3.05) is 0 Å². The van der Waals surface area contributed by atoms with Crippen LogP contribution in [0.1, 0.15) is 38.4 Å². The van der Waals surface area contributed by atoms with Crippen LogP contribution in [-0.4, -0.2) is 4.98 Å². The Morgan fingerprint density at radius 3 is 2.47 bits per heavy atom. The number of benzene rings is 1. The maximum Gasteiger partial charge on any atom is 0.258 e. The highest BCUT2D eigenvalue weighted by molar-refractivity contribution is 5.71. The lowest BCUT2D eigenvalue weighted by Gasteiger charge is -2.05. The van der Waals surface area contributed by atoms with Gasteiger partial charge in [-0.3, -0.25) is 0 Å². The second-order valence-electron chi connectivity index (χ2n) is 4.10. The number of nitrogens with one attached hydrogen (secondary N) is 1. The van der Waals surface area contributed by atoms with Gasteiger partial charge in [-0.1, -0.05) is 26.0 Å². The lowest BCUT2D eigenvalue weighted by molar-refractivity contribution is -0.654. The first-order chi connectivity index (χ1) is 7.27. The Hall–Kier alpha value is -1.31. The molecule has 0 aliphatic heterocycles. The molecule has 0 aliphatic carbocycles. The summed E-state index contributed by atoms with van der Waals surface area (Å²) in [4.78, 5) is 3.53. The minimum atomic E-state index is 0.641. The molecule has 0 saturated carbocycles. The summed E-state index contributed by atoms with van der Waals surface area (Å²) in [7, 11) is 2.15. The summed E-state index contributed by atoms with van der Waals surface area (Å²) in [6.45, 7) is 4.50. The molecular weight excluding hydrogens is 184 g/mol. The third-order valence-electron chi connectivity index (χ3n) is 3.26. The summed E-state index contributed by atoms with van der Waals surface area (Å²) >= 11 is 0. The number of hydrogen-bond donors (Lipinski definition) is 1. The van der Waals surface area contributed by atoms with Crippen LogP contribution in [0.4, 0.5) is 0 Å². The molecule has 0 saturated heterocycles. The molecule has 0 bridgehead atoms. The Morgan fingerprint density at radius 2 is 1.87 bits per heavy atom. The van der Waals surface area contributed by atoms with Gasteiger partial charge in [0.05, 0.1) is 13.0 Å². The minimum Gasteiger partial charge on any atom is -0.241 e. The molecule has 1 aromatic carbocycles. The summed E-state index contributed by atoms with van der Waals surface area (Å²) in [6.07, 6.45) is 2.38. The number of hydrogen-bond acceptors (Lipinski definition) is 0. The predicted octanol–water partition coefficient (Wildman–Crippen LogP) is 2.90. The van der Waals surface area contributed by atoms with Crippen LogP contribution in [0.2, 0.25) is 0 Å². The van der Waals surface area contributed by atoms with E-state index in [1.54, 1.807) is 0 Å². The zero-order valence-electron chi connectivity index (χ0n) is 9.75. The average Bonchev–Trinajstić information content (AvgIpc) is 2.60. The number of nitrogens with zero attached hydrogens (tertiary/aromatic N) is 1. The number of fused-ring (bicyclic) bond motifs is 1. The Labute approximate surface area is 90.9 Å². The van der Waals surface area contributed by atoms with Crippen molar-refractivity contribution in [1.82, 2.24) is 4.98 Å². The van der Waals surface area contributed by atoms with Gasteiger partial charge in [0, 0.05) is 0 Å². The fraction of sp³-hybridized carbons (Fsp3) is 0.462. The van der Waals surface area contributed by atoms with Crippen molar-refractivity contribution in [2.24, 2.45) is 7.05 Å². The Kier molecular flexibility index (Phi) is 2.76. The van der Waals surface area contributed by atoms with E-state index in [1.165, 1.54) is 29.7 Å². The van der Waals surface area contributed by atoms with Crippen LogP contribution >= 0.6 is 0 Å². The molecule has 2 nitrogen and oxygen atoms in total. The van der Waals surface area contributed by atoms with Crippen LogP contribution in [0, 0.1) is 0 Å². The quantitative estimate of drug-likeness (QED) is 0.740. The number of imidazole rings is 1. The zero-order valence-corrected chi connectivity index (χ0v) is 9.75. The Morgan fingerprint density at radius 1 is 1.20 bits per heavy atom. The fourth-order valence-corrected chi connectivity index (χ4v) is 2.27. The van der Waals surface area contributed by atoms with Gasteiger partial charge in [0.15, 0.2) is 11.0 Å². The number of para-hydroxylation sites is 2. The van der Waals surface area contributed by atoms with Crippen LogP contribution in [0.3, 0.4) is 0 Å². The molecule has 0 atom stereocenters. The Balaban J connectivity index is 2.57. The van der Waals surface area contributed by atoms with E-state index in [1.807, 2.05) is 0 Å². The van der Waals surface area contributed by atoms with Crippen LogP contribution in [-0.2, 0) is 7.05 Å². The number of H-pyrrole nitrogens is 1. The van der Waals surface area contributed by atoms with Gasteiger partial charge in [-0.15, -0.1) is 0 Å². The summed E-state index contributed by atoms with van der Waals surface area (Å²) in [5.41, 5.74) is 2.53. The molecule has 2 aromatic rings. The van der Waals surface area contributed by atoms with Crippen LogP contribution in [0.5, 0.6) is 0 Å². The first-order valence-corrected chi connectivity index (χ1v) is 5.74. The van der Waals surface area contributed by atoms with Gasteiger partial charge >= 0.3 is 0 Å². The monoisotopic (exact) mass is 203 g/mol. The van der Waals surface area contributed by atoms with E-state index in [2.05, 4.69) is 54.7 Å². The lowest BCUT2D eigenvalue weighted by Crippen LogP contribution is -2.33. The third kappa shape index (κ3) is 1.65. The van der Waals surface area contributed by atoms with Gasteiger partial charge in [-0.2, -0.15) is 0 Å². The highest BCUT2D eigenvalue weighted by atomic mass is 15.1. The smallest absolute Gasteiger partial charge is 0.241 e. The molecule has 1 N–H and O–H groups in total. The normalized spacial score (nSPS) is 11.5. The van der Waals surface area contributed by atoms with Crippen LogP contribution in [0.25, 0.3) is 11.0 Å². The molecule has 2 rings (SSSR count). The van der Waals surface area contributed by atoms with E-state index in [4.69, 9.17) is 0 Å². The maximum atomic E-state index is 3.53. The van der Waals surface area contributed by atoms with Crippen molar-refractivity contribution in [3.8, 4) is 0 Å². The fourth-order valence-electron chi connectivity index (χ4n) is 2.27. The minimum absolute atomic E-state index is 0.641. The zero-order chi connectivity index (χ0) is 10.8. The number of aromatic nitrogens is 2. The average molecular weight is 203 g/mol. The summed E-state index contributed by atoms with van der Waals surface area (Å²) < 4.78 is 2.28. The van der Waals surface area contributed by atoms with Gasteiger partial charge in [-0.25, -0.2) is 9.55 Å². The van der Waals surface area contributed by atoms with E-state index >= 15 is 0 Å². The van der Waals surface area contributed by atoms with Crippen molar-refractivity contribution in [3.63, 3.8) is 0 Å². The molecule has 0 fully saturated rings. The second-order valence-corrected chi connectivity index (χ2v) is 4.10. The van der Waals surface area contributed by atoms with E-state index in [0.29, 0.717) is 5.92 Å². The number of aryl methyl sites for hydroxylation is 1. The molecule has 0 radical (unpaired) electrons. The molecular formula is C13H19N2+. The molecule has 80 valence electrons. The molecule has 2 heteroatoms. The number of aromatic amines is 1. The Bertz CT molecular complexity index is 453. The van der Waals surface area contributed by atoms with Crippen molar-refractivity contribution in [1.29, 1.82) is 0 Å². The van der Waals surface area contributed by atoms with Crippen molar-refractivity contribution >= 4 is 11.0 Å². The summed E-state index contributed by atoms with van der Waals surface area (Å²) in [5, 5.41) is 0. The summed E-state index contributed by atoms with van der Waals surface area (Å²) in [6, 6.07) is 8.47. The maximum absolute atomic E-state index is 3.53. The van der Waals surface area contributed by atoms with E-state index in [-0.39, 0.29) is 0 Å². The second kappa shape index (κ2) is 4.05. The van der Waals surface area contributed by atoms with Gasteiger partial charge < -0.3 is 0 Å². The van der Waals surface area contributed by atoms with Crippen molar-refractivity contribution in [3.05, 3.63) is 30.1 Å². The molecule has 15 heavy (non-hydrogen) atoms. The van der Waals surface area contributed by atoms with E-state index < -0.39 is 0 Å². The summed E-state index contributed by atoms with van der Waals surface area (Å²) in [5.74, 6) is 1.99. The SMILES string of the molecule is CCC(CC)c1[nH]c2ccccc2[n+]1C. The molecule has 0 spiro atoms. The highest BCUT2D eigenvalue weighted by Gasteiger charge is 2.21. The molecule has 1 heterocycles. The first-order valence-electron chi connectivity index (χ1n) is 5.74. The molecule has 0 amide bonds. The lowest BCUT2D eigenvalue weighted by atomic mass is 10.0. The topological polar surface area (TPSA) is 19.7 Å². The van der Waals surface area contributed by atoms with Crippen molar-refractivity contribution in [2.45, 2.75) is 32.6 Å². The first kappa shape index (κ1) is 10.2. The van der Waals surface area contributed by atoms with Crippen LogP contribution in [0.15, 0.2) is 24.3 Å². The number of rotatable bonds is 3. The van der Waals surface area contributed by atoms with Crippen molar-refractivity contribution < 1.29 is 4.57 Å². The van der Waals surface area contributed by atoms with Gasteiger partial charge in [0.25, 0.3) is 5.82 Å². The molecule has 0 unspecified atom stereocenters.